The third-order valence-corrected chi connectivity index (χ3v) is 4.71. The van der Waals surface area contributed by atoms with Gasteiger partial charge in [0.25, 0.3) is 5.91 Å². The van der Waals surface area contributed by atoms with Crippen LogP contribution in [0.15, 0.2) is 36.4 Å². The predicted molar refractivity (Wildman–Crippen MR) is 98.7 cm³/mol. The van der Waals surface area contributed by atoms with Gasteiger partial charge in [-0.15, -0.1) is 0 Å². The van der Waals surface area contributed by atoms with E-state index in [2.05, 4.69) is 5.32 Å². The highest BCUT2D eigenvalue weighted by Gasteiger charge is 2.43. The first kappa shape index (κ1) is 24.3. The normalized spacial score (nSPS) is 16.8. The fourth-order valence-corrected chi connectivity index (χ4v) is 3.10. The number of ether oxygens (including phenoxy) is 1. The van der Waals surface area contributed by atoms with Crippen LogP contribution in [0.4, 0.5) is 41.2 Å². The number of hydrogen-bond acceptors (Lipinski definition) is 4. The molecule has 1 saturated heterocycles. The van der Waals surface area contributed by atoms with Crippen LogP contribution in [-0.4, -0.2) is 29.8 Å². The van der Waals surface area contributed by atoms with Crippen LogP contribution in [0.1, 0.15) is 23.1 Å². The van der Waals surface area contributed by atoms with Crippen LogP contribution in [0.5, 0.6) is 5.75 Å². The molecular formula is C20H15F7N2O4. The second-order valence-corrected chi connectivity index (χ2v) is 7.03. The van der Waals surface area contributed by atoms with Crippen LogP contribution in [0.2, 0.25) is 0 Å². The molecule has 0 unspecified atom stereocenters. The van der Waals surface area contributed by atoms with Crippen molar-refractivity contribution in [2.24, 2.45) is 0 Å². The first-order valence-electron chi connectivity index (χ1n) is 9.29. The molecule has 1 atom stereocenters. The molecule has 1 aliphatic heterocycles. The van der Waals surface area contributed by atoms with E-state index < -0.39 is 65.4 Å². The minimum absolute atomic E-state index is 0.233. The molecule has 3 rings (SSSR count). The summed E-state index contributed by atoms with van der Waals surface area (Å²) in [4.78, 5) is 24.8. The van der Waals surface area contributed by atoms with Crippen molar-refractivity contribution in [1.29, 1.82) is 0 Å². The summed E-state index contributed by atoms with van der Waals surface area (Å²) in [7, 11) is 0. The Kier molecular flexibility index (Phi) is 6.54. The monoisotopic (exact) mass is 480 g/mol. The van der Waals surface area contributed by atoms with E-state index in [1.165, 1.54) is 12.1 Å². The zero-order valence-electron chi connectivity index (χ0n) is 16.4. The molecule has 0 radical (unpaired) electrons. The molecule has 2 aromatic rings. The number of hydrogen-bond donors (Lipinski definition) is 2. The molecule has 0 bridgehead atoms. The molecule has 1 heterocycles. The lowest BCUT2D eigenvalue weighted by Crippen LogP contribution is -2.32. The molecular weight excluding hydrogens is 465 g/mol. The number of alkyl halides is 6. The lowest BCUT2D eigenvalue weighted by molar-refractivity contribution is -0.143. The first-order valence-corrected chi connectivity index (χ1v) is 9.29. The van der Waals surface area contributed by atoms with Crippen LogP contribution in [0.3, 0.4) is 0 Å². The van der Waals surface area contributed by atoms with Crippen LogP contribution in [0, 0.1) is 5.82 Å². The Hall–Kier alpha value is -3.35. The van der Waals surface area contributed by atoms with E-state index in [4.69, 9.17) is 4.74 Å². The number of nitrogens with one attached hydrogen (secondary N) is 1. The van der Waals surface area contributed by atoms with Crippen molar-refractivity contribution < 1.29 is 50.2 Å². The van der Waals surface area contributed by atoms with Crippen molar-refractivity contribution in [3.63, 3.8) is 0 Å². The Morgan fingerprint density at radius 1 is 1.09 bits per heavy atom. The molecule has 6 nitrogen and oxygen atoms in total. The first-order chi connectivity index (χ1) is 15.3. The molecule has 2 amide bonds. The van der Waals surface area contributed by atoms with Crippen molar-refractivity contribution >= 4 is 17.7 Å². The van der Waals surface area contributed by atoms with E-state index in [1.807, 2.05) is 0 Å². The Morgan fingerprint density at radius 2 is 1.73 bits per heavy atom. The number of carbonyl (C=O) groups excluding carboxylic acids is 2. The Morgan fingerprint density at radius 3 is 2.24 bits per heavy atom. The summed E-state index contributed by atoms with van der Waals surface area (Å²) in [5, 5.41) is 11.7. The van der Waals surface area contributed by atoms with Crippen molar-refractivity contribution in [3.05, 3.63) is 58.9 Å². The van der Waals surface area contributed by atoms with E-state index in [0.717, 1.165) is 12.1 Å². The highest BCUT2D eigenvalue weighted by Crippen LogP contribution is 2.46. The molecule has 0 saturated carbocycles. The van der Waals surface area contributed by atoms with Gasteiger partial charge in [0.15, 0.2) is 5.75 Å². The largest absolute Gasteiger partial charge is 0.420 e. The smallest absolute Gasteiger partial charge is 0.407 e. The highest BCUT2D eigenvalue weighted by atomic mass is 19.4. The Labute approximate surface area is 181 Å². The van der Waals surface area contributed by atoms with Crippen molar-refractivity contribution in [2.75, 3.05) is 11.4 Å². The molecule has 1 aliphatic rings. The molecule has 33 heavy (non-hydrogen) atoms. The van der Waals surface area contributed by atoms with Gasteiger partial charge in [0.2, 0.25) is 0 Å². The number of halogens is 7. The summed E-state index contributed by atoms with van der Waals surface area (Å²) < 4.78 is 98.3. The lowest BCUT2D eigenvalue weighted by Gasteiger charge is -2.24. The van der Waals surface area contributed by atoms with Gasteiger partial charge in [-0.2, -0.15) is 26.3 Å². The van der Waals surface area contributed by atoms with E-state index in [1.54, 1.807) is 0 Å². The summed E-state index contributed by atoms with van der Waals surface area (Å²) in [6.45, 7) is -0.691. The van der Waals surface area contributed by atoms with E-state index >= 15 is 0 Å². The van der Waals surface area contributed by atoms with Crippen molar-refractivity contribution in [2.45, 2.75) is 31.4 Å². The Balaban J connectivity index is 2.00. The van der Waals surface area contributed by atoms with E-state index in [-0.39, 0.29) is 25.1 Å². The van der Waals surface area contributed by atoms with Gasteiger partial charge in [-0.25, -0.2) is 9.18 Å². The zero-order chi connectivity index (χ0) is 24.6. The highest BCUT2D eigenvalue weighted by molar-refractivity contribution is 6.00. The van der Waals surface area contributed by atoms with Crippen LogP contribution < -0.4 is 15.0 Å². The van der Waals surface area contributed by atoms with E-state index in [9.17, 15) is 45.4 Å². The van der Waals surface area contributed by atoms with Gasteiger partial charge >= 0.3 is 18.4 Å². The van der Waals surface area contributed by atoms with Gasteiger partial charge in [0, 0.05) is 19.5 Å². The van der Waals surface area contributed by atoms with Crippen LogP contribution >= 0.6 is 0 Å². The summed E-state index contributed by atoms with van der Waals surface area (Å²) in [5.74, 6) is -3.03. The zero-order valence-corrected chi connectivity index (χ0v) is 16.4. The maximum absolute atomic E-state index is 13.6. The van der Waals surface area contributed by atoms with E-state index in [0.29, 0.717) is 10.5 Å². The number of aliphatic hydroxyl groups excluding tert-OH is 1. The number of nitrogens with zero attached hydrogens (tertiary/aromatic N) is 1. The average Bonchev–Trinajstić information content (AvgIpc) is 3.04. The fraction of sp³-hybridized carbons (Fsp3) is 0.300. The summed E-state index contributed by atoms with van der Waals surface area (Å²) >= 11 is 0. The van der Waals surface area contributed by atoms with Gasteiger partial charge < -0.3 is 20.1 Å². The van der Waals surface area contributed by atoms with Gasteiger partial charge in [0.1, 0.15) is 17.5 Å². The number of aliphatic hydroxyl groups is 1. The molecule has 0 aromatic heterocycles. The van der Waals surface area contributed by atoms with Crippen LogP contribution in [-0.2, 0) is 23.7 Å². The molecule has 0 aliphatic carbocycles. The van der Waals surface area contributed by atoms with Gasteiger partial charge in [-0.05, 0) is 29.8 Å². The molecule has 2 N–H and O–H groups in total. The molecule has 2 aromatic carbocycles. The summed E-state index contributed by atoms with van der Waals surface area (Å²) in [5.41, 5.74) is -4.26. The molecule has 1 fully saturated rings. The maximum Gasteiger partial charge on any atom is 0.420 e. The van der Waals surface area contributed by atoms with Crippen LogP contribution in [0.25, 0.3) is 0 Å². The average molecular weight is 480 g/mol. The summed E-state index contributed by atoms with van der Waals surface area (Å²) in [6, 6.07) is 4.72. The third-order valence-electron chi connectivity index (χ3n) is 4.71. The maximum atomic E-state index is 13.6. The van der Waals surface area contributed by atoms with Gasteiger partial charge in [0.05, 0.1) is 11.3 Å². The number of amides is 2. The predicted octanol–water partition coefficient (Wildman–Crippen LogP) is 4.25. The molecule has 13 heteroatoms. The lowest BCUT2D eigenvalue weighted by atomic mass is 10.1. The second-order valence-electron chi connectivity index (χ2n) is 7.03. The van der Waals surface area contributed by atoms with Crippen molar-refractivity contribution in [1.82, 2.24) is 5.32 Å². The topological polar surface area (TPSA) is 78.9 Å². The number of rotatable bonds is 4. The Bertz CT molecular complexity index is 1050. The molecule has 178 valence electrons. The second kappa shape index (κ2) is 8.89. The minimum Gasteiger partial charge on any atom is -0.407 e. The van der Waals surface area contributed by atoms with Crippen molar-refractivity contribution in [3.8, 4) is 5.75 Å². The standard InChI is InChI=1S/C20H15F7N2O4/c21-12-3-1-10(2-4-12)9-28-18(32)33-16-13(20(25,26)27)7-11(19(22,23)24)8-14(16)29-6-5-15(30)17(29)31/h1-4,7-8,15,30H,5-6,9H2,(H,28,32)/t15-/m0/s1. The quantitative estimate of drug-likeness (QED) is 0.642. The number of anilines is 1. The third kappa shape index (κ3) is 5.53. The minimum atomic E-state index is -5.38. The van der Waals surface area contributed by atoms with Gasteiger partial charge in [-0.3, -0.25) is 4.79 Å². The van der Waals surface area contributed by atoms with Gasteiger partial charge in [-0.1, -0.05) is 12.1 Å². The SMILES string of the molecule is O=C(NCc1ccc(F)cc1)Oc1c(N2CC[C@H](O)C2=O)cc(C(F)(F)F)cc1C(F)(F)F. The number of benzene rings is 2. The molecule has 0 spiro atoms. The number of carbonyl (C=O) groups is 2. The fourth-order valence-electron chi connectivity index (χ4n) is 3.10. The summed E-state index contributed by atoms with van der Waals surface area (Å²) in [6.07, 6.45) is -13.9.